The predicted octanol–water partition coefficient (Wildman–Crippen LogP) is 4.79. The summed E-state index contributed by atoms with van der Waals surface area (Å²) < 4.78 is 14.1. The average molecular weight is 329 g/mol. The minimum atomic E-state index is -0.509. The maximum Gasteiger partial charge on any atom is 0.222 e. The van der Waals surface area contributed by atoms with E-state index in [9.17, 15) is 4.39 Å². The highest BCUT2D eigenvalue weighted by molar-refractivity contribution is 6.35. The summed E-state index contributed by atoms with van der Waals surface area (Å²) in [5.41, 5.74) is 0.990. The third-order valence-corrected chi connectivity index (χ3v) is 3.52. The Morgan fingerprint density at radius 3 is 2.60 bits per heavy atom. The lowest BCUT2D eigenvalue weighted by Gasteiger charge is -2.07. The lowest BCUT2D eigenvalue weighted by molar-refractivity contribution is 0.637. The standard InChI is InChI=1S/C13H5Cl3FN3/c14-8-1-2-18-12-7(8)3-6(4-10(12)17)11-9(15)5-19-13(16)20-11/h1-5H. The Morgan fingerprint density at radius 1 is 1.00 bits per heavy atom. The molecule has 20 heavy (non-hydrogen) atoms. The van der Waals surface area contributed by atoms with Crippen molar-refractivity contribution in [2.45, 2.75) is 0 Å². The Morgan fingerprint density at radius 2 is 1.80 bits per heavy atom. The first-order chi connectivity index (χ1) is 9.56. The monoisotopic (exact) mass is 327 g/mol. The molecule has 3 nitrogen and oxygen atoms in total. The first-order valence-corrected chi connectivity index (χ1v) is 6.62. The van der Waals surface area contributed by atoms with Gasteiger partial charge in [0, 0.05) is 17.1 Å². The van der Waals surface area contributed by atoms with E-state index in [-0.39, 0.29) is 15.8 Å². The topological polar surface area (TPSA) is 38.7 Å². The van der Waals surface area contributed by atoms with Gasteiger partial charge in [0.25, 0.3) is 0 Å². The van der Waals surface area contributed by atoms with Crippen molar-refractivity contribution in [1.82, 2.24) is 15.0 Å². The Hall–Kier alpha value is -1.49. The quantitative estimate of drug-likeness (QED) is 0.603. The maximum absolute atomic E-state index is 14.1. The second-order valence-corrected chi connectivity index (χ2v) is 5.14. The van der Waals surface area contributed by atoms with Crippen molar-refractivity contribution in [1.29, 1.82) is 0 Å². The van der Waals surface area contributed by atoms with Crippen molar-refractivity contribution in [3.05, 3.63) is 51.7 Å². The van der Waals surface area contributed by atoms with Gasteiger partial charge in [-0.1, -0.05) is 23.2 Å². The predicted molar refractivity (Wildman–Crippen MR) is 77.8 cm³/mol. The van der Waals surface area contributed by atoms with Gasteiger partial charge in [-0.2, -0.15) is 0 Å². The first kappa shape index (κ1) is 13.5. The van der Waals surface area contributed by atoms with E-state index in [1.54, 1.807) is 12.1 Å². The molecule has 0 saturated carbocycles. The van der Waals surface area contributed by atoms with Crippen molar-refractivity contribution in [2.75, 3.05) is 0 Å². The smallest absolute Gasteiger partial charge is 0.222 e. The molecule has 0 spiro atoms. The van der Waals surface area contributed by atoms with Crippen LogP contribution >= 0.6 is 34.8 Å². The zero-order valence-corrected chi connectivity index (χ0v) is 12.0. The van der Waals surface area contributed by atoms with Crippen molar-refractivity contribution < 1.29 is 4.39 Å². The van der Waals surface area contributed by atoms with Gasteiger partial charge in [0.2, 0.25) is 5.28 Å². The van der Waals surface area contributed by atoms with Gasteiger partial charge in [0.05, 0.1) is 21.9 Å². The van der Waals surface area contributed by atoms with E-state index in [2.05, 4.69) is 15.0 Å². The second kappa shape index (κ2) is 5.13. The molecule has 0 aliphatic carbocycles. The van der Waals surface area contributed by atoms with E-state index >= 15 is 0 Å². The van der Waals surface area contributed by atoms with Gasteiger partial charge in [0.1, 0.15) is 11.3 Å². The summed E-state index contributed by atoms with van der Waals surface area (Å²) in [5, 5.41) is 1.18. The lowest BCUT2D eigenvalue weighted by Crippen LogP contribution is -1.92. The van der Waals surface area contributed by atoms with E-state index in [4.69, 9.17) is 34.8 Å². The minimum Gasteiger partial charge on any atom is -0.253 e. The van der Waals surface area contributed by atoms with Gasteiger partial charge in [0.15, 0.2) is 0 Å². The van der Waals surface area contributed by atoms with Crippen molar-refractivity contribution in [3.8, 4) is 11.3 Å². The Labute approximate surface area is 128 Å². The molecule has 0 amide bonds. The largest absolute Gasteiger partial charge is 0.253 e. The molecule has 2 heterocycles. The maximum atomic E-state index is 14.1. The Balaban J connectivity index is 2.32. The third kappa shape index (κ3) is 2.30. The van der Waals surface area contributed by atoms with Gasteiger partial charge < -0.3 is 0 Å². The minimum absolute atomic E-state index is 0.0298. The molecule has 2 aromatic heterocycles. The van der Waals surface area contributed by atoms with E-state index in [0.717, 1.165) is 0 Å². The number of aromatic nitrogens is 3. The van der Waals surface area contributed by atoms with Crippen LogP contribution in [0.1, 0.15) is 0 Å². The van der Waals surface area contributed by atoms with Gasteiger partial charge >= 0.3 is 0 Å². The molecule has 3 rings (SSSR count). The van der Waals surface area contributed by atoms with E-state index < -0.39 is 5.82 Å². The van der Waals surface area contributed by atoms with Crippen LogP contribution in [-0.4, -0.2) is 15.0 Å². The summed E-state index contributed by atoms with van der Waals surface area (Å²) in [6.07, 6.45) is 2.81. The molecule has 0 aliphatic rings. The normalized spacial score (nSPS) is 11.0. The molecular weight excluding hydrogens is 324 g/mol. The molecule has 7 heteroatoms. The molecule has 0 atom stereocenters. The molecule has 0 unspecified atom stereocenters. The fraction of sp³-hybridized carbons (Fsp3) is 0. The Bertz CT molecular complexity index is 823. The first-order valence-electron chi connectivity index (χ1n) is 5.48. The van der Waals surface area contributed by atoms with E-state index in [0.29, 0.717) is 21.7 Å². The molecule has 3 aromatic rings. The number of fused-ring (bicyclic) bond motifs is 1. The molecule has 0 radical (unpaired) electrons. The van der Waals surface area contributed by atoms with Crippen LogP contribution in [0.15, 0.2) is 30.6 Å². The summed E-state index contributed by atoms with van der Waals surface area (Å²) in [6, 6.07) is 4.54. The van der Waals surface area contributed by atoms with Crippen molar-refractivity contribution >= 4 is 45.7 Å². The molecule has 100 valence electrons. The molecule has 0 aliphatic heterocycles. The van der Waals surface area contributed by atoms with Gasteiger partial charge in [-0.05, 0) is 29.8 Å². The van der Waals surface area contributed by atoms with Crippen LogP contribution < -0.4 is 0 Å². The molecule has 0 fully saturated rings. The number of nitrogens with zero attached hydrogens (tertiary/aromatic N) is 3. The summed E-state index contributed by atoms with van der Waals surface area (Å²) >= 11 is 17.8. The van der Waals surface area contributed by atoms with Crippen LogP contribution in [0.5, 0.6) is 0 Å². The Kier molecular flexibility index (Phi) is 3.46. The number of hydrogen-bond acceptors (Lipinski definition) is 3. The van der Waals surface area contributed by atoms with Crippen LogP contribution in [0.2, 0.25) is 15.3 Å². The summed E-state index contributed by atoms with van der Waals surface area (Å²) in [5.74, 6) is -0.509. The van der Waals surface area contributed by atoms with Gasteiger partial charge in [-0.3, -0.25) is 4.98 Å². The molecule has 0 bridgehead atoms. The van der Waals surface area contributed by atoms with E-state index in [1.165, 1.54) is 18.5 Å². The molecular formula is C13H5Cl3FN3. The molecule has 1 aromatic carbocycles. The van der Waals surface area contributed by atoms with Crippen LogP contribution in [0, 0.1) is 5.82 Å². The number of pyridine rings is 1. The average Bonchev–Trinajstić information content (AvgIpc) is 2.42. The van der Waals surface area contributed by atoms with Crippen molar-refractivity contribution in [3.63, 3.8) is 0 Å². The van der Waals surface area contributed by atoms with Gasteiger partial charge in [-0.25, -0.2) is 14.4 Å². The highest BCUT2D eigenvalue weighted by atomic mass is 35.5. The third-order valence-electron chi connectivity index (χ3n) is 2.73. The number of hydrogen-bond donors (Lipinski definition) is 0. The van der Waals surface area contributed by atoms with Crippen LogP contribution in [-0.2, 0) is 0 Å². The van der Waals surface area contributed by atoms with Crippen LogP contribution in [0.3, 0.4) is 0 Å². The molecule has 0 saturated heterocycles. The summed E-state index contributed by atoms with van der Waals surface area (Å²) in [4.78, 5) is 11.7. The fourth-order valence-electron chi connectivity index (χ4n) is 1.86. The van der Waals surface area contributed by atoms with E-state index in [1.807, 2.05) is 0 Å². The summed E-state index contributed by atoms with van der Waals surface area (Å²) in [6.45, 7) is 0. The number of rotatable bonds is 1. The zero-order valence-electron chi connectivity index (χ0n) is 9.74. The lowest BCUT2D eigenvalue weighted by atomic mass is 10.1. The highest BCUT2D eigenvalue weighted by Crippen LogP contribution is 2.32. The fourth-order valence-corrected chi connectivity index (χ4v) is 2.40. The van der Waals surface area contributed by atoms with Crippen LogP contribution in [0.25, 0.3) is 22.2 Å². The SMILES string of the molecule is Fc1cc(-c2nc(Cl)ncc2Cl)cc2c(Cl)ccnc12. The highest BCUT2D eigenvalue weighted by Gasteiger charge is 2.13. The van der Waals surface area contributed by atoms with Gasteiger partial charge in [-0.15, -0.1) is 0 Å². The van der Waals surface area contributed by atoms with Crippen LogP contribution in [0.4, 0.5) is 4.39 Å². The molecule has 0 N–H and O–H groups in total. The van der Waals surface area contributed by atoms with Crippen molar-refractivity contribution in [2.24, 2.45) is 0 Å². The number of benzene rings is 1. The second-order valence-electron chi connectivity index (χ2n) is 3.98. The zero-order chi connectivity index (χ0) is 14.3. The number of halogens is 4. The summed E-state index contributed by atoms with van der Waals surface area (Å²) in [7, 11) is 0.